The van der Waals surface area contributed by atoms with Crippen molar-refractivity contribution in [2.75, 3.05) is 18.8 Å². The maximum Gasteiger partial charge on any atom is 0.301 e. The van der Waals surface area contributed by atoms with Crippen molar-refractivity contribution in [3.63, 3.8) is 0 Å². The zero-order valence-electron chi connectivity index (χ0n) is 14.3. The molecule has 1 aromatic carbocycles. The molecule has 136 valence electrons. The lowest BCUT2D eigenvalue weighted by molar-refractivity contribution is -0.117. The van der Waals surface area contributed by atoms with Crippen LogP contribution < -0.4 is 10.5 Å². The summed E-state index contributed by atoms with van der Waals surface area (Å²) in [4.78, 5) is 16.3. The van der Waals surface area contributed by atoms with E-state index in [0.717, 1.165) is 30.4 Å². The maximum absolute atomic E-state index is 12.0. The number of anilines is 1. The number of pyridine rings is 1. The standard InChI is InChI=1S/C17H18N4O3S2/c1-21(2)26(23,24)20-12-5-3-4-11(6-12)15-9-19-10-16-14(15)7-13(25-16)8-17(18)22/h3-7,9-10,20H,8H2,1-2H3,(H2,18,22). The average molecular weight is 390 g/mol. The molecule has 0 spiro atoms. The summed E-state index contributed by atoms with van der Waals surface area (Å²) in [6, 6.07) is 9.03. The number of hydrogen-bond acceptors (Lipinski definition) is 5. The van der Waals surface area contributed by atoms with Gasteiger partial charge in [0.05, 0.1) is 16.8 Å². The van der Waals surface area contributed by atoms with Crippen LogP contribution in [0.3, 0.4) is 0 Å². The van der Waals surface area contributed by atoms with Gasteiger partial charge in [0.2, 0.25) is 5.91 Å². The number of nitrogens with one attached hydrogen (secondary N) is 1. The molecule has 3 aromatic rings. The van der Waals surface area contributed by atoms with E-state index in [-0.39, 0.29) is 12.3 Å². The molecule has 0 atom stereocenters. The van der Waals surface area contributed by atoms with Gasteiger partial charge in [-0.25, -0.2) is 0 Å². The second-order valence-corrected chi connectivity index (χ2v) is 8.98. The van der Waals surface area contributed by atoms with Crippen molar-refractivity contribution in [3.8, 4) is 11.1 Å². The van der Waals surface area contributed by atoms with Crippen LogP contribution in [0.4, 0.5) is 5.69 Å². The van der Waals surface area contributed by atoms with Gasteiger partial charge in [-0.15, -0.1) is 11.3 Å². The lowest BCUT2D eigenvalue weighted by atomic mass is 10.0. The summed E-state index contributed by atoms with van der Waals surface area (Å²) in [6.07, 6.45) is 3.65. The van der Waals surface area contributed by atoms with E-state index in [1.165, 1.54) is 25.4 Å². The fourth-order valence-electron chi connectivity index (χ4n) is 2.49. The molecule has 3 rings (SSSR count). The van der Waals surface area contributed by atoms with E-state index in [1.807, 2.05) is 12.1 Å². The molecule has 0 fully saturated rings. The molecule has 1 amide bonds. The Bertz CT molecular complexity index is 1070. The normalized spacial score (nSPS) is 11.8. The van der Waals surface area contributed by atoms with Crippen molar-refractivity contribution in [2.24, 2.45) is 5.73 Å². The number of carbonyl (C=O) groups excluding carboxylic acids is 1. The van der Waals surface area contributed by atoms with Crippen LogP contribution in [0.15, 0.2) is 42.7 Å². The zero-order chi connectivity index (χ0) is 18.9. The third-order valence-corrected chi connectivity index (χ3v) is 6.27. The lowest BCUT2D eigenvalue weighted by Gasteiger charge is -2.14. The fourth-order valence-corrected chi connectivity index (χ4v) is 4.17. The highest BCUT2D eigenvalue weighted by Gasteiger charge is 2.14. The first kappa shape index (κ1) is 18.3. The summed E-state index contributed by atoms with van der Waals surface area (Å²) >= 11 is 1.47. The molecule has 0 unspecified atom stereocenters. The average Bonchev–Trinajstić information content (AvgIpc) is 2.95. The third kappa shape index (κ3) is 3.85. The topological polar surface area (TPSA) is 105 Å². The number of benzene rings is 1. The van der Waals surface area contributed by atoms with Crippen molar-refractivity contribution in [1.29, 1.82) is 0 Å². The van der Waals surface area contributed by atoms with E-state index in [2.05, 4.69) is 9.71 Å². The van der Waals surface area contributed by atoms with Gasteiger partial charge in [0.25, 0.3) is 0 Å². The molecule has 2 heterocycles. The van der Waals surface area contributed by atoms with E-state index >= 15 is 0 Å². The van der Waals surface area contributed by atoms with Crippen LogP contribution in [-0.4, -0.2) is 37.7 Å². The minimum Gasteiger partial charge on any atom is -0.369 e. The predicted molar refractivity (Wildman–Crippen MR) is 104 cm³/mol. The summed E-state index contributed by atoms with van der Waals surface area (Å²) in [7, 11) is -0.662. The van der Waals surface area contributed by atoms with E-state index in [1.54, 1.807) is 30.6 Å². The Hall–Kier alpha value is -2.49. The summed E-state index contributed by atoms with van der Waals surface area (Å²) in [5.41, 5.74) is 7.43. The van der Waals surface area contributed by atoms with Gasteiger partial charge in [-0.2, -0.15) is 12.7 Å². The molecule has 0 aliphatic rings. The molecule has 0 aliphatic carbocycles. The molecular formula is C17H18N4O3S2. The summed E-state index contributed by atoms with van der Waals surface area (Å²) in [6.45, 7) is 0. The van der Waals surface area contributed by atoms with Crippen LogP contribution in [0.1, 0.15) is 4.88 Å². The quantitative estimate of drug-likeness (QED) is 0.673. The molecule has 7 nitrogen and oxygen atoms in total. The Balaban J connectivity index is 2.03. The largest absolute Gasteiger partial charge is 0.369 e. The van der Waals surface area contributed by atoms with Crippen molar-refractivity contribution in [1.82, 2.24) is 9.29 Å². The molecule has 3 N–H and O–H groups in total. The molecule has 0 bridgehead atoms. The molecule has 9 heteroatoms. The molecule has 0 saturated heterocycles. The van der Waals surface area contributed by atoms with Crippen molar-refractivity contribution < 1.29 is 13.2 Å². The van der Waals surface area contributed by atoms with E-state index in [9.17, 15) is 13.2 Å². The number of thiophene rings is 1. The summed E-state index contributed by atoms with van der Waals surface area (Å²) < 4.78 is 28.6. The Labute approximate surface area is 155 Å². The van der Waals surface area contributed by atoms with Crippen LogP contribution in [0.25, 0.3) is 21.2 Å². The SMILES string of the molecule is CN(C)S(=O)(=O)Nc1cccc(-c2cncc3sc(CC(N)=O)cc23)c1. The number of primary amides is 1. The van der Waals surface area contributed by atoms with Gasteiger partial charge in [0.1, 0.15) is 0 Å². The Morgan fingerprint density at radius 1 is 1.27 bits per heavy atom. The first-order valence-corrected chi connectivity index (χ1v) is 9.97. The van der Waals surface area contributed by atoms with Gasteiger partial charge in [0, 0.05) is 42.3 Å². The highest BCUT2D eigenvalue weighted by atomic mass is 32.2. The number of nitrogens with zero attached hydrogens (tertiary/aromatic N) is 2. The Morgan fingerprint density at radius 2 is 2.04 bits per heavy atom. The predicted octanol–water partition coefficient (Wildman–Crippen LogP) is 2.21. The summed E-state index contributed by atoms with van der Waals surface area (Å²) in [5.74, 6) is -0.383. The highest BCUT2D eigenvalue weighted by Crippen LogP contribution is 2.34. The molecule has 0 aliphatic heterocycles. The number of amides is 1. The first-order valence-electron chi connectivity index (χ1n) is 7.72. The van der Waals surface area contributed by atoms with Gasteiger partial charge < -0.3 is 5.73 Å². The minimum absolute atomic E-state index is 0.182. The van der Waals surface area contributed by atoms with E-state index < -0.39 is 10.2 Å². The van der Waals surface area contributed by atoms with Crippen LogP contribution in [0.2, 0.25) is 0 Å². The van der Waals surface area contributed by atoms with Gasteiger partial charge in [0.15, 0.2) is 0 Å². The van der Waals surface area contributed by atoms with Gasteiger partial charge >= 0.3 is 10.2 Å². The van der Waals surface area contributed by atoms with Crippen LogP contribution in [0.5, 0.6) is 0 Å². The minimum atomic E-state index is -3.58. The Morgan fingerprint density at radius 3 is 2.73 bits per heavy atom. The molecule has 0 saturated carbocycles. The number of nitrogens with two attached hydrogens (primary N) is 1. The van der Waals surface area contributed by atoms with Gasteiger partial charge in [-0.05, 0) is 23.8 Å². The zero-order valence-corrected chi connectivity index (χ0v) is 15.9. The Kier molecular flexibility index (Phi) is 4.94. The number of aromatic nitrogens is 1. The molecular weight excluding hydrogens is 372 g/mol. The maximum atomic E-state index is 12.0. The van der Waals surface area contributed by atoms with Crippen LogP contribution in [-0.2, 0) is 21.4 Å². The second-order valence-electron chi connectivity index (χ2n) is 5.92. The number of hydrogen-bond donors (Lipinski definition) is 2. The van der Waals surface area contributed by atoms with Gasteiger partial charge in [-0.1, -0.05) is 12.1 Å². The van der Waals surface area contributed by atoms with Crippen LogP contribution >= 0.6 is 11.3 Å². The first-order chi connectivity index (χ1) is 12.3. The lowest BCUT2D eigenvalue weighted by Crippen LogP contribution is -2.28. The molecule has 2 aromatic heterocycles. The monoisotopic (exact) mass is 390 g/mol. The van der Waals surface area contributed by atoms with E-state index in [4.69, 9.17) is 5.73 Å². The van der Waals surface area contributed by atoms with Crippen molar-refractivity contribution in [2.45, 2.75) is 6.42 Å². The van der Waals surface area contributed by atoms with Crippen molar-refractivity contribution in [3.05, 3.63) is 47.6 Å². The van der Waals surface area contributed by atoms with E-state index in [0.29, 0.717) is 5.69 Å². The van der Waals surface area contributed by atoms with Crippen LogP contribution in [0, 0.1) is 0 Å². The molecule has 0 radical (unpaired) electrons. The van der Waals surface area contributed by atoms with Gasteiger partial charge in [-0.3, -0.25) is 14.5 Å². The summed E-state index contributed by atoms with van der Waals surface area (Å²) in [5, 5.41) is 0.953. The number of rotatable bonds is 6. The number of carbonyl (C=O) groups is 1. The smallest absolute Gasteiger partial charge is 0.301 e. The second kappa shape index (κ2) is 7.02. The third-order valence-electron chi connectivity index (χ3n) is 3.75. The highest BCUT2D eigenvalue weighted by molar-refractivity contribution is 7.90. The number of fused-ring (bicyclic) bond motifs is 1. The fraction of sp³-hybridized carbons (Fsp3) is 0.176. The molecule has 26 heavy (non-hydrogen) atoms. The van der Waals surface area contributed by atoms with Crippen molar-refractivity contribution >= 4 is 43.2 Å².